The van der Waals surface area contributed by atoms with Crippen LogP contribution in [-0.2, 0) is 13.6 Å². The van der Waals surface area contributed by atoms with E-state index >= 15 is 0 Å². The molecule has 232 valence electrons. The number of imidazole rings is 1. The minimum absolute atomic E-state index is 0.0362. The number of fused-ring (bicyclic) bond motifs is 2. The lowest BCUT2D eigenvalue weighted by molar-refractivity contribution is 0.0671. The van der Waals surface area contributed by atoms with Gasteiger partial charge in [-0.25, -0.2) is 4.98 Å². The Morgan fingerprint density at radius 3 is 2.58 bits per heavy atom. The maximum absolute atomic E-state index is 13.7. The van der Waals surface area contributed by atoms with Crippen LogP contribution in [-0.4, -0.2) is 51.0 Å². The molecule has 7 rings (SSSR count). The zero-order valence-electron chi connectivity index (χ0n) is 26.0. The number of ether oxygens (including phenoxy) is 1. The molecular formula is C36H38ClN5O3. The Hall–Kier alpha value is -4.30. The number of nitrogens with two attached hydrogens (primary N) is 1. The molecule has 0 bridgehead atoms. The second kappa shape index (κ2) is 11.6. The van der Waals surface area contributed by atoms with Gasteiger partial charge in [-0.05, 0) is 73.4 Å². The van der Waals surface area contributed by atoms with Gasteiger partial charge in [0.05, 0.1) is 34.4 Å². The first kappa shape index (κ1) is 29.4. The number of nitrogens with zero attached hydrogens (tertiary/aromatic N) is 4. The van der Waals surface area contributed by atoms with Gasteiger partial charge in [0.25, 0.3) is 5.91 Å². The fraction of sp³-hybridized carbons (Fsp3) is 0.361. The van der Waals surface area contributed by atoms with Crippen LogP contribution in [0.3, 0.4) is 0 Å². The monoisotopic (exact) mass is 623 g/mol. The van der Waals surface area contributed by atoms with E-state index in [0.717, 1.165) is 77.1 Å². The van der Waals surface area contributed by atoms with Crippen LogP contribution in [0.15, 0.2) is 54.6 Å². The lowest BCUT2D eigenvalue weighted by Gasteiger charge is -2.32. The van der Waals surface area contributed by atoms with Gasteiger partial charge in [-0.1, -0.05) is 49.2 Å². The number of amides is 2. The van der Waals surface area contributed by atoms with Crippen molar-refractivity contribution in [3.05, 3.63) is 70.7 Å². The van der Waals surface area contributed by atoms with Gasteiger partial charge in [0.1, 0.15) is 11.3 Å². The maximum Gasteiger partial charge on any atom is 0.254 e. The zero-order chi connectivity index (χ0) is 31.4. The molecule has 0 unspecified atom stereocenters. The number of hydrogen-bond acceptors (Lipinski definition) is 4. The highest BCUT2D eigenvalue weighted by Gasteiger charge is 2.29. The third-order valence-electron chi connectivity index (χ3n) is 9.62. The molecule has 9 heteroatoms. The molecule has 8 nitrogen and oxygen atoms in total. The van der Waals surface area contributed by atoms with Crippen LogP contribution in [0.1, 0.15) is 59.7 Å². The Kier molecular flexibility index (Phi) is 7.56. The predicted molar refractivity (Wildman–Crippen MR) is 179 cm³/mol. The normalized spacial score (nSPS) is 16.9. The van der Waals surface area contributed by atoms with E-state index in [9.17, 15) is 9.59 Å². The van der Waals surface area contributed by atoms with Gasteiger partial charge in [-0.3, -0.25) is 9.59 Å². The number of hydrogen-bond donors (Lipinski definition) is 1. The first-order valence-electron chi connectivity index (χ1n) is 15.8. The van der Waals surface area contributed by atoms with Gasteiger partial charge < -0.3 is 24.5 Å². The number of rotatable bonds is 8. The van der Waals surface area contributed by atoms with Crippen molar-refractivity contribution < 1.29 is 14.3 Å². The van der Waals surface area contributed by atoms with Gasteiger partial charge in [-0.15, -0.1) is 0 Å². The Morgan fingerprint density at radius 2 is 1.87 bits per heavy atom. The van der Waals surface area contributed by atoms with E-state index in [0.29, 0.717) is 33.7 Å². The molecule has 1 aliphatic carbocycles. The number of primary amides is 1. The highest BCUT2D eigenvalue weighted by Crippen LogP contribution is 2.41. The number of methoxy groups -OCH3 is 1. The van der Waals surface area contributed by atoms with E-state index in [-0.39, 0.29) is 5.91 Å². The van der Waals surface area contributed by atoms with Gasteiger partial charge in [0, 0.05) is 43.2 Å². The van der Waals surface area contributed by atoms with E-state index in [4.69, 9.17) is 27.1 Å². The van der Waals surface area contributed by atoms with Gasteiger partial charge in [0.15, 0.2) is 5.82 Å². The molecule has 1 saturated heterocycles. The average molecular weight is 624 g/mol. The summed E-state index contributed by atoms with van der Waals surface area (Å²) in [5.41, 5.74) is 12.0. The van der Waals surface area contributed by atoms with Crippen LogP contribution in [0, 0.1) is 11.8 Å². The first-order valence-corrected chi connectivity index (χ1v) is 16.2. The van der Waals surface area contributed by atoms with Crippen LogP contribution in [0.25, 0.3) is 44.6 Å². The number of likely N-dealkylation sites (tertiary alicyclic amines) is 1. The smallest absolute Gasteiger partial charge is 0.254 e. The molecule has 0 spiro atoms. The number of aryl methyl sites for hydroxylation is 1. The topological polar surface area (TPSA) is 95.4 Å². The molecule has 3 aromatic carbocycles. The Bertz CT molecular complexity index is 1970. The largest absolute Gasteiger partial charge is 0.494 e. The molecular weight excluding hydrogens is 586 g/mol. The second-order valence-corrected chi connectivity index (χ2v) is 13.0. The first-order chi connectivity index (χ1) is 21.8. The van der Waals surface area contributed by atoms with Crippen molar-refractivity contribution in [3.8, 4) is 28.4 Å². The Balaban J connectivity index is 1.37. The minimum Gasteiger partial charge on any atom is -0.494 e. The lowest BCUT2D eigenvalue weighted by Crippen LogP contribution is -2.39. The molecule has 5 aromatic rings. The fourth-order valence-electron chi connectivity index (χ4n) is 6.96. The number of carbonyl (C=O) groups is 2. The summed E-state index contributed by atoms with van der Waals surface area (Å²) in [5.74, 6) is 2.07. The van der Waals surface area contributed by atoms with Crippen molar-refractivity contribution in [1.29, 1.82) is 0 Å². The van der Waals surface area contributed by atoms with Gasteiger partial charge in [0.2, 0.25) is 5.91 Å². The van der Waals surface area contributed by atoms with Crippen molar-refractivity contribution in [2.45, 2.75) is 45.6 Å². The minimum atomic E-state index is -0.549. The third-order valence-corrected chi connectivity index (χ3v) is 9.93. The third kappa shape index (κ3) is 5.25. The number of benzene rings is 3. The van der Waals surface area contributed by atoms with Crippen molar-refractivity contribution in [2.75, 3.05) is 20.2 Å². The lowest BCUT2D eigenvalue weighted by atomic mass is 9.95. The summed E-state index contributed by atoms with van der Waals surface area (Å²) in [6, 6.07) is 17.6. The van der Waals surface area contributed by atoms with Crippen molar-refractivity contribution in [3.63, 3.8) is 0 Å². The summed E-state index contributed by atoms with van der Waals surface area (Å²) < 4.78 is 10.3. The highest BCUT2D eigenvalue weighted by molar-refractivity contribution is 6.34. The number of halogens is 1. The van der Waals surface area contributed by atoms with E-state index in [2.05, 4.69) is 34.3 Å². The standard InChI is InChI=1S/C36H38ClN5O3/c1-4-21-7-6-14-41(19-21)36(44)25-16-29-33(31(18-25)45-3)40(2)35(39-29)30-17-24-8-5-9-26(32(24)42(30)20-22-10-11-22)23-12-13-27(34(38)43)28(37)15-23/h5,8-9,12-13,15-18,21-22H,4,6-7,10-11,14,19-20H2,1-3H3,(H2,38,43)/t21-/m1/s1. The number of aromatic nitrogens is 3. The highest BCUT2D eigenvalue weighted by atomic mass is 35.5. The quantitative estimate of drug-likeness (QED) is 0.196. The number of carbonyl (C=O) groups excluding carboxylic acids is 2. The summed E-state index contributed by atoms with van der Waals surface area (Å²) in [5, 5.41) is 1.42. The molecule has 45 heavy (non-hydrogen) atoms. The molecule has 1 aliphatic heterocycles. The maximum atomic E-state index is 13.7. The molecule has 0 radical (unpaired) electrons. The average Bonchev–Trinajstić information content (AvgIpc) is 3.71. The Labute approximate surface area is 267 Å². The molecule has 2 aromatic heterocycles. The van der Waals surface area contributed by atoms with Crippen molar-refractivity contribution in [2.24, 2.45) is 24.6 Å². The predicted octanol–water partition coefficient (Wildman–Crippen LogP) is 7.30. The Morgan fingerprint density at radius 1 is 1.04 bits per heavy atom. The number of para-hydroxylation sites is 1. The molecule has 2 aliphatic rings. The van der Waals surface area contributed by atoms with Crippen LogP contribution < -0.4 is 10.5 Å². The summed E-state index contributed by atoms with van der Waals surface area (Å²) in [6.45, 7) is 4.64. The van der Waals surface area contributed by atoms with Crippen LogP contribution in [0.5, 0.6) is 5.75 Å². The van der Waals surface area contributed by atoms with E-state index in [1.807, 2.05) is 42.3 Å². The van der Waals surface area contributed by atoms with Crippen LogP contribution in [0.4, 0.5) is 0 Å². The second-order valence-electron chi connectivity index (χ2n) is 12.6. The van der Waals surface area contributed by atoms with Crippen molar-refractivity contribution >= 4 is 45.4 Å². The fourth-order valence-corrected chi connectivity index (χ4v) is 7.23. The van der Waals surface area contributed by atoms with Crippen molar-refractivity contribution in [1.82, 2.24) is 19.0 Å². The van der Waals surface area contributed by atoms with Gasteiger partial charge in [-0.2, -0.15) is 0 Å². The molecule has 2 amide bonds. The molecule has 2 fully saturated rings. The van der Waals surface area contributed by atoms with E-state index in [1.165, 1.54) is 19.3 Å². The molecule has 1 saturated carbocycles. The summed E-state index contributed by atoms with van der Waals surface area (Å²) >= 11 is 6.49. The van der Waals surface area contributed by atoms with E-state index < -0.39 is 5.91 Å². The molecule has 2 N–H and O–H groups in total. The van der Waals surface area contributed by atoms with E-state index in [1.54, 1.807) is 13.2 Å². The van der Waals surface area contributed by atoms with Gasteiger partial charge >= 0.3 is 0 Å². The molecule has 1 atom stereocenters. The summed E-state index contributed by atoms with van der Waals surface area (Å²) in [4.78, 5) is 32.7. The SMILES string of the molecule is CC[C@@H]1CCCN(C(=O)c2cc(OC)c3c(c2)nc(-c2cc4cccc(-c5ccc(C(N)=O)c(Cl)c5)c4n2CC2CC2)n3C)C1. The summed E-state index contributed by atoms with van der Waals surface area (Å²) in [7, 11) is 3.66. The summed E-state index contributed by atoms with van der Waals surface area (Å²) in [6.07, 6.45) is 5.67. The zero-order valence-corrected chi connectivity index (χ0v) is 26.7. The van der Waals surface area contributed by atoms with Crippen LogP contribution >= 0.6 is 11.6 Å². The molecule has 3 heterocycles. The van der Waals surface area contributed by atoms with Crippen LogP contribution in [0.2, 0.25) is 5.02 Å². The number of piperidine rings is 1.